The molecule has 0 aliphatic heterocycles. The van der Waals surface area contributed by atoms with Crippen molar-refractivity contribution in [1.82, 2.24) is 4.98 Å². The van der Waals surface area contributed by atoms with Crippen LogP contribution in [0.25, 0.3) is 0 Å². The van der Waals surface area contributed by atoms with Crippen LogP contribution in [-0.2, 0) is 0 Å². The van der Waals surface area contributed by atoms with Crippen LogP contribution in [0, 0.1) is 17.8 Å². The van der Waals surface area contributed by atoms with Gasteiger partial charge in [0.25, 0.3) is 0 Å². The topological polar surface area (TPSA) is 12.9 Å². The lowest BCUT2D eigenvalue weighted by Crippen LogP contribution is -1.86. The van der Waals surface area contributed by atoms with Crippen molar-refractivity contribution in [3.8, 4) is 11.8 Å². The lowest BCUT2D eigenvalue weighted by atomic mass is 10.3. The van der Waals surface area contributed by atoms with Crippen molar-refractivity contribution in [3.63, 3.8) is 0 Å². The molecule has 0 aliphatic rings. The molecular weight excluding hydrogens is 161 g/mol. The zero-order chi connectivity index (χ0) is 8.10. The number of pyridine rings is 1. The van der Waals surface area contributed by atoms with E-state index in [2.05, 4.69) is 29.5 Å². The summed E-state index contributed by atoms with van der Waals surface area (Å²) in [4.78, 5) is 3.44. The first-order chi connectivity index (χ1) is 5.34. The smallest absolute Gasteiger partial charge is 0.227 e. The van der Waals surface area contributed by atoms with E-state index >= 15 is 0 Å². The summed E-state index contributed by atoms with van der Waals surface area (Å²) in [5.41, 5.74) is 0.321. The van der Waals surface area contributed by atoms with E-state index in [4.69, 9.17) is 0 Å². The van der Waals surface area contributed by atoms with Crippen LogP contribution in [0.2, 0.25) is 0 Å². The number of hydrogen-bond donors (Lipinski definition) is 1. The van der Waals surface area contributed by atoms with Crippen LogP contribution in [0.15, 0.2) is 18.3 Å². The first-order valence-electron chi connectivity index (χ1n) is 3.05. The molecule has 0 radical (unpaired) electrons. The summed E-state index contributed by atoms with van der Waals surface area (Å²) < 4.78 is 12.7. The third kappa shape index (κ3) is 2.24. The molecule has 0 saturated carbocycles. The van der Waals surface area contributed by atoms with Crippen LogP contribution >= 0.6 is 12.6 Å². The Morgan fingerprint density at radius 2 is 2.45 bits per heavy atom. The molecule has 56 valence electrons. The third-order valence-corrected chi connectivity index (χ3v) is 1.22. The molecule has 1 aromatic rings. The zero-order valence-corrected chi connectivity index (χ0v) is 6.61. The highest BCUT2D eigenvalue weighted by atomic mass is 32.1. The quantitative estimate of drug-likeness (QED) is 0.351. The minimum Gasteiger partial charge on any atom is -0.227 e. The monoisotopic (exact) mass is 167 g/mol. The molecule has 0 amide bonds. The van der Waals surface area contributed by atoms with E-state index in [1.807, 2.05) is 0 Å². The van der Waals surface area contributed by atoms with Crippen molar-refractivity contribution in [1.29, 1.82) is 0 Å². The predicted octanol–water partition coefficient (Wildman–Crippen LogP) is 1.50. The van der Waals surface area contributed by atoms with E-state index in [0.29, 0.717) is 11.3 Å². The van der Waals surface area contributed by atoms with Gasteiger partial charge < -0.3 is 0 Å². The fraction of sp³-hybridized carbons (Fsp3) is 0.125. The first-order valence-corrected chi connectivity index (χ1v) is 3.68. The number of rotatable bonds is 0. The SMILES string of the molecule is Fc1ncccc1C#CCS. The minimum atomic E-state index is -0.526. The molecule has 0 atom stereocenters. The minimum absolute atomic E-state index is 0.321. The lowest BCUT2D eigenvalue weighted by Gasteiger charge is -1.88. The van der Waals surface area contributed by atoms with E-state index in [0.717, 1.165) is 0 Å². The molecule has 1 nitrogen and oxygen atoms in total. The second kappa shape index (κ2) is 3.99. The van der Waals surface area contributed by atoms with Crippen LogP contribution in [-0.4, -0.2) is 10.7 Å². The molecule has 11 heavy (non-hydrogen) atoms. The van der Waals surface area contributed by atoms with Crippen molar-refractivity contribution in [2.45, 2.75) is 0 Å². The number of nitrogens with zero attached hydrogens (tertiary/aromatic N) is 1. The van der Waals surface area contributed by atoms with Crippen LogP contribution in [0.4, 0.5) is 4.39 Å². The Bertz CT molecular complexity index is 300. The molecule has 0 spiro atoms. The predicted molar refractivity (Wildman–Crippen MR) is 44.9 cm³/mol. The molecule has 1 rings (SSSR count). The summed E-state index contributed by atoms with van der Waals surface area (Å²) in [7, 11) is 0. The molecule has 0 saturated heterocycles. The van der Waals surface area contributed by atoms with Crippen LogP contribution in [0.1, 0.15) is 5.56 Å². The number of hydrogen-bond acceptors (Lipinski definition) is 2. The number of aromatic nitrogens is 1. The van der Waals surface area contributed by atoms with Gasteiger partial charge >= 0.3 is 0 Å². The van der Waals surface area contributed by atoms with E-state index in [9.17, 15) is 4.39 Å². The van der Waals surface area contributed by atoms with Crippen molar-refractivity contribution in [2.75, 3.05) is 5.75 Å². The molecule has 1 heterocycles. The van der Waals surface area contributed by atoms with Gasteiger partial charge in [0.15, 0.2) is 0 Å². The Hall–Kier alpha value is -1.01. The highest BCUT2D eigenvalue weighted by molar-refractivity contribution is 7.80. The van der Waals surface area contributed by atoms with Gasteiger partial charge in [-0.15, -0.1) is 0 Å². The average molecular weight is 167 g/mol. The van der Waals surface area contributed by atoms with Gasteiger partial charge in [-0.25, -0.2) is 4.98 Å². The first kappa shape index (κ1) is 8.09. The van der Waals surface area contributed by atoms with Crippen molar-refractivity contribution in [3.05, 3.63) is 29.8 Å². The Kier molecular flexibility index (Phi) is 2.94. The summed E-state index contributed by atoms with van der Waals surface area (Å²) in [5, 5.41) is 0. The molecule has 1 aromatic heterocycles. The standard InChI is InChI=1S/C8H6FNS/c9-8-7(4-2-6-11)3-1-5-10-8/h1,3,5,11H,6H2. The van der Waals surface area contributed by atoms with E-state index in [1.54, 1.807) is 12.1 Å². The fourth-order valence-electron chi connectivity index (χ4n) is 0.614. The third-order valence-electron chi connectivity index (χ3n) is 1.06. The summed E-state index contributed by atoms with van der Waals surface area (Å²) in [6.45, 7) is 0. The van der Waals surface area contributed by atoms with E-state index in [1.165, 1.54) is 6.20 Å². The number of halogens is 1. The Labute approximate surface area is 70.1 Å². The lowest BCUT2D eigenvalue weighted by molar-refractivity contribution is 0.580. The van der Waals surface area contributed by atoms with E-state index in [-0.39, 0.29) is 0 Å². The average Bonchev–Trinajstić information content (AvgIpc) is 2.03. The highest BCUT2D eigenvalue weighted by Crippen LogP contribution is 1.99. The van der Waals surface area contributed by atoms with Crippen LogP contribution in [0.3, 0.4) is 0 Å². The Morgan fingerprint density at radius 3 is 3.09 bits per heavy atom. The van der Waals surface area contributed by atoms with Crippen molar-refractivity contribution < 1.29 is 4.39 Å². The molecule has 0 unspecified atom stereocenters. The largest absolute Gasteiger partial charge is 0.228 e. The van der Waals surface area contributed by atoms with Gasteiger partial charge in [0.05, 0.1) is 11.3 Å². The summed E-state index contributed by atoms with van der Waals surface area (Å²) in [5.74, 6) is 5.14. The van der Waals surface area contributed by atoms with Gasteiger partial charge in [-0.3, -0.25) is 0 Å². The van der Waals surface area contributed by atoms with Crippen molar-refractivity contribution >= 4 is 12.6 Å². The zero-order valence-electron chi connectivity index (χ0n) is 5.71. The second-order valence-corrected chi connectivity index (χ2v) is 2.12. The van der Waals surface area contributed by atoms with Gasteiger partial charge in [0.1, 0.15) is 0 Å². The summed E-state index contributed by atoms with van der Waals surface area (Å²) in [6, 6.07) is 3.23. The number of thiol groups is 1. The summed E-state index contributed by atoms with van der Waals surface area (Å²) in [6.07, 6.45) is 1.39. The second-order valence-electron chi connectivity index (χ2n) is 1.80. The van der Waals surface area contributed by atoms with Gasteiger partial charge in [0.2, 0.25) is 5.95 Å². The maximum Gasteiger partial charge on any atom is 0.228 e. The molecule has 0 aliphatic carbocycles. The van der Waals surface area contributed by atoms with Gasteiger partial charge in [-0.05, 0) is 12.1 Å². The van der Waals surface area contributed by atoms with Crippen LogP contribution in [0.5, 0.6) is 0 Å². The molecule has 0 N–H and O–H groups in total. The maximum absolute atomic E-state index is 12.7. The van der Waals surface area contributed by atoms with Crippen LogP contribution < -0.4 is 0 Å². The molecule has 0 fully saturated rings. The van der Waals surface area contributed by atoms with Crippen molar-refractivity contribution in [2.24, 2.45) is 0 Å². The maximum atomic E-state index is 12.7. The molecule has 3 heteroatoms. The Balaban J connectivity index is 2.95. The van der Waals surface area contributed by atoms with Gasteiger partial charge in [-0.2, -0.15) is 17.0 Å². The molecular formula is C8H6FNS. The van der Waals surface area contributed by atoms with Gasteiger partial charge in [0, 0.05) is 6.20 Å². The van der Waals surface area contributed by atoms with E-state index < -0.39 is 5.95 Å². The molecule has 0 bridgehead atoms. The van der Waals surface area contributed by atoms with Gasteiger partial charge in [-0.1, -0.05) is 11.8 Å². The normalized spacial score (nSPS) is 8.55. The molecule has 0 aromatic carbocycles. The Morgan fingerprint density at radius 1 is 1.64 bits per heavy atom. The highest BCUT2D eigenvalue weighted by Gasteiger charge is 1.95. The fourth-order valence-corrected chi connectivity index (χ4v) is 0.693. The summed E-state index contributed by atoms with van der Waals surface area (Å²) >= 11 is 3.87.